The van der Waals surface area contributed by atoms with Gasteiger partial charge < -0.3 is 20.5 Å². The van der Waals surface area contributed by atoms with E-state index in [9.17, 15) is 13.2 Å². The molecular weight excluding hydrogens is 502 g/mol. The minimum absolute atomic E-state index is 0.0162. The first-order valence-electron chi connectivity index (χ1n) is 11.1. The van der Waals surface area contributed by atoms with Gasteiger partial charge in [-0.15, -0.1) is 0 Å². The van der Waals surface area contributed by atoms with Crippen molar-refractivity contribution in [2.45, 2.75) is 24.3 Å². The summed E-state index contributed by atoms with van der Waals surface area (Å²) in [5, 5.41) is 10.5. The Morgan fingerprint density at radius 2 is 1.81 bits per heavy atom. The molecule has 0 amide bonds. The molecule has 36 heavy (non-hydrogen) atoms. The van der Waals surface area contributed by atoms with Gasteiger partial charge in [0.05, 0.1) is 29.4 Å². The molecule has 0 aliphatic rings. The largest absolute Gasteiger partial charge is 0.493 e. The molecule has 1 unspecified atom stereocenters. The van der Waals surface area contributed by atoms with Crippen LogP contribution >= 0.6 is 11.6 Å². The Hall–Kier alpha value is -3.56. The third-order valence-electron chi connectivity index (χ3n) is 5.36. The Morgan fingerprint density at radius 1 is 1.11 bits per heavy atom. The van der Waals surface area contributed by atoms with Gasteiger partial charge in [-0.3, -0.25) is 5.41 Å². The van der Waals surface area contributed by atoms with Crippen LogP contribution in [0.4, 0.5) is 5.69 Å². The number of halogens is 1. The number of anilines is 1. The van der Waals surface area contributed by atoms with Crippen molar-refractivity contribution < 1.29 is 22.7 Å². The molecule has 8 nitrogen and oxygen atoms in total. The molecule has 0 fully saturated rings. The number of carbonyl (C=O) groups excluding carboxylic acids is 1. The van der Waals surface area contributed by atoms with E-state index in [2.05, 4.69) is 5.32 Å². The Bertz CT molecular complexity index is 1340. The maximum Gasteiger partial charge on any atom is 0.329 e. The molecule has 4 N–H and O–H groups in total. The second kappa shape index (κ2) is 11.9. The van der Waals surface area contributed by atoms with Crippen molar-refractivity contribution in [3.63, 3.8) is 0 Å². The summed E-state index contributed by atoms with van der Waals surface area (Å²) < 4.78 is 36.7. The maximum atomic E-state index is 13.0. The number of amidine groups is 1. The average molecular weight is 530 g/mol. The molecule has 0 bridgehead atoms. The van der Waals surface area contributed by atoms with Crippen LogP contribution in [0.5, 0.6) is 5.75 Å². The number of esters is 1. The van der Waals surface area contributed by atoms with Gasteiger partial charge in [0.1, 0.15) is 17.6 Å². The van der Waals surface area contributed by atoms with Gasteiger partial charge in [0.25, 0.3) is 0 Å². The van der Waals surface area contributed by atoms with E-state index in [4.69, 9.17) is 32.2 Å². The quantitative estimate of drug-likeness (QED) is 0.194. The number of hydrogen-bond acceptors (Lipinski definition) is 7. The minimum Gasteiger partial charge on any atom is -0.493 e. The summed E-state index contributed by atoms with van der Waals surface area (Å²) in [7, 11) is -2.69. The van der Waals surface area contributed by atoms with E-state index in [1.54, 1.807) is 36.4 Å². The molecule has 0 saturated carbocycles. The first-order chi connectivity index (χ1) is 17.1. The summed E-state index contributed by atoms with van der Waals surface area (Å²) in [5.41, 5.74) is 8.55. The standard InChI is InChI=1S/C26H28ClN3O5S/c1-17-13-20(15-21(14-17)35-12-11-18-7-9-19(10-8-18)25(28)29)30-23(26(31)34-2)16-36(32,33)24-6-4-3-5-22(24)27/h3-10,13-15,23,30H,11-12,16H2,1-2H3,(H3,28,29). The summed E-state index contributed by atoms with van der Waals surface area (Å²) in [6.45, 7) is 2.26. The van der Waals surface area contributed by atoms with Crippen LogP contribution in [0.1, 0.15) is 16.7 Å². The van der Waals surface area contributed by atoms with Gasteiger partial charge in [0, 0.05) is 23.7 Å². The number of nitrogens with two attached hydrogens (primary N) is 1. The van der Waals surface area contributed by atoms with Gasteiger partial charge in [-0.1, -0.05) is 48.0 Å². The van der Waals surface area contributed by atoms with Crippen LogP contribution in [0.25, 0.3) is 0 Å². The van der Waals surface area contributed by atoms with Crippen molar-refractivity contribution in [1.29, 1.82) is 5.41 Å². The molecular formula is C26H28ClN3O5S. The Kier molecular flexibility index (Phi) is 8.95. The smallest absolute Gasteiger partial charge is 0.329 e. The second-order valence-electron chi connectivity index (χ2n) is 8.18. The van der Waals surface area contributed by atoms with Gasteiger partial charge in [0.15, 0.2) is 9.84 Å². The number of nitrogens with one attached hydrogen (secondary N) is 2. The zero-order chi connectivity index (χ0) is 26.3. The summed E-state index contributed by atoms with van der Waals surface area (Å²) in [6.07, 6.45) is 0.635. The van der Waals surface area contributed by atoms with Crippen LogP contribution in [0, 0.1) is 12.3 Å². The number of carbonyl (C=O) groups is 1. The van der Waals surface area contributed by atoms with Crippen LogP contribution in [-0.2, 0) is 25.8 Å². The fourth-order valence-corrected chi connectivity index (χ4v) is 5.55. The van der Waals surface area contributed by atoms with Crippen molar-refractivity contribution in [3.8, 4) is 5.75 Å². The molecule has 0 aliphatic carbocycles. The molecule has 3 aromatic carbocycles. The fourth-order valence-electron chi connectivity index (χ4n) is 3.57. The molecule has 0 saturated heterocycles. The summed E-state index contributed by atoms with van der Waals surface area (Å²) in [5.74, 6) is -0.675. The highest BCUT2D eigenvalue weighted by molar-refractivity contribution is 7.91. The highest BCUT2D eigenvalue weighted by Crippen LogP contribution is 2.25. The molecule has 0 spiro atoms. The molecule has 0 aliphatic heterocycles. The van der Waals surface area contributed by atoms with E-state index >= 15 is 0 Å². The van der Waals surface area contributed by atoms with Crippen LogP contribution in [0.15, 0.2) is 71.6 Å². The van der Waals surface area contributed by atoms with Gasteiger partial charge in [-0.05, 0) is 42.3 Å². The second-order valence-corrected chi connectivity index (χ2v) is 10.6. The number of ether oxygens (including phenoxy) is 2. The lowest BCUT2D eigenvalue weighted by Crippen LogP contribution is -2.37. The lowest BCUT2D eigenvalue weighted by atomic mass is 10.1. The maximum absolute atomic E-state index is 13.0. The van der Waals surface area contributed by atoms with Crippen molar-refractivity contribution in [1.82, 2.24) is 0 Å². The van der Waals surface area contributed by atoms with Gasteiger partial charge in [-0.2, -0.15) is 0 Å². The zero-order valence-electron chi connectivity index (χ0n) is 20.0. The van der Waals surface area contributed by atoms with Crippen molar-refractivity contribution >= 4 is 38.9 Å². The third kappa shape index (κ3) is 7.22. The Morgan fingerprint density at radius 3 is 2.44 bits per heavy atom. The number of methoxy groups -OCH3 is 1. The number of sulfone groups is 1. The molecule has 3 rings (SSSR count). The SMILES string of the molecule is COC(=O)C(CS(=O)(=O)c1ccccc1Cl)Nc1cc(C)cc(OCCc2ccc(C(=N)N)cc2)c1. The molecule has 0 radical (unpaired) electrons. The number of hydrogen-bond donors (Lipinski definition) is 3. The molecule has 190 valence electrons. The first-order valence-corrected chi connectivity index (χ1v) is 13.1. The van der Waals surface area contributed by atoms with E-state index in [0.29, 0.717) is 30.0 Å². The zero-order valence-corrected chi connectivity index (χ0v) is 21.5. The number of aryl methyl sites for hydroxylation is 1. The number of nitrogen functional groups attached to an aromatic ring is 1. The normalized spacial score (nSPS) is 12.0. The minimum atomic E-state index is -3.89. The molecule has 10 heteroatoms. The lowest BCUT2D eigenvalue weighted by Gasteiger charge is -2.19. The summed E-state index contributed by atoms with van der Waals surface area (Å²) in [4.78, 5) is 12.4. The van der Waals surface area contributed by atoms with E-state index in [-0.39, 0.29) is 15.8 Å². The topological polar surface area (TPSA) is 132 Å². The molecule has 1 atom stereocenters. The van der Waals surface area contributed by atoms with Gasteiger partial charge in [0.2, 0.25) is 0 Å². The highest BCUT2D eigenvalue weighted by atomic mass is 35.5. The van der Waals surface area contributed by atoms with Crippen LogP contribution in [0.3, 0.4) is 0 Å². The van der Waals surface area contributed by atoms with Crippen molar-refractivity contribution in [2.75, 3.05) is 24.8 Å². The predicted molar refractivity (Wildman–Crippen MR) is 141 cm³/mol. The molecule has 0 heterocycles. The molecule has 0 aromatic heterocycles. The monoisotopic (exact) mass is 529 g/mol. The van der Waals surface area contributed by atoms with Gasteiger partial charge >= 0.3 is 5.97 Å². The van der Waals surface area contributed by atoms with Crippen LogP contribution in [0.2, 0.25) is 5.02 Å². The first kappa shape index (κ1) is 27.0. The predicted octanol–water partition coefficient (Wildman–Crippen LogP) is 3.98. The van der Waals surface area contributed by atoms with Crippen LogP contribution in [-0.4, -0.2) is 45.7 Å². The lowest BCUT2D eigenvalue weighted by molar-refractivity contribution is -0.141. The summed E-state index contributed by atoms with van der Waals surface area (Å²) in [6, 6.07) is 17.6. The number of benzene rings is 3. The molecule has 3 aromatic rings. The average Bonchev–Trinajstić information content (AvgIpc) is 2.83. The van der Waals surface area contributed by atoms with E-state index < -0.39 is 27.6 Å². The van der Waals surface area contributed by atoms with E-state index in [1.807, 2.05) is 25.1 Å². The fraction of sp³-hybridized carbons (Fsp3) is 0.231. The van der Waals surface area contributed by atoms with Gasteiger partial charge in [-0.25, -0.2) is 13.2 Å². The van der Waals surface area contributed by atoms with Crippen molar-refractivity contribution in [2.24, 2.45) is 5.73 Å². The van der Waals surface area contributed by atoms with Crippen molar-refractivity contribution in [3.05, 3.63) is 88.4 Å². The number of rotatable bonds is 11. The summed E-state index contributed by atoms with van der Waals surface area (Å²) >= 11 is 6.07. The Labute approximate surface area is 215 Å². The third-order valence-corrected chi connectivity index (χ3v) is 7.60. The highest BCUT2D eigenvalue weighted by Gasteiger charge is 2.29. The van der Waals surface area contributed by atoms with E-state index in [0.717, 1.165) is 11.1 Å². The Balaban J connectivity index is 1.71. The van der Waals surface area contributed by atoms with E-state index in [1.165, 1.54) is 19.2 Å². The van der Waals surface area contributed by atoms with Crippen LogP contribution < -0.4 is 15.8 Å².